The summed E-state index contributed by atoms with van der Waals surface area (Å²) in [7, 11) is 0. The van der Waals surface area contributed by atoms with Gasteiger partial charge < -0.3 is 9.47 Å². The lowest BCUT2D eigenvalue weighted by Crippen LogP contribution is -2.16. The maximum absolute atomic E-state index is 5.53. The molecule has 0 fully saturated rings. The van der Waals surface area contributed by atoms with Crippen LogP contribution in [0, 0.1) is 0 Å². The number of ether oxygens (including phenoxy) is 2. The zero-order chi connectivity index (χ0) is 18.0. The van der Waals surface area contributed by atoms with Crippen LogP contribution < -0.4 is 0 Å². The highest BCUT2D eigenvalue weighted by atomic mass is 16.7. The van der Waals surface area contributed by atoms with Gasteiger partial charge in [-0.15, -0.1) is 0 Å². The van der Waals surface area contributed by atoms with E-state index in [1.807, 2.05) is 38.2 Å². The summed E-state index contributed by atoms with van der Waals surface area (Å²) in [5.41, 5.74) is 1.02. The minimum atomic E-state index is -0.0434. The Morgan fingerprint density at radius 1 is 0.920 bits per heavy atom. The molecule has 0 saturated carbocycles. The van der Waals surface area contributed by atoms with E-state index in [9.17, 15) is 0 Å². The third kappa shape index (κ3) is 12.3. The summed E-state index contributed by atoms with van der Waals surface area (Å²) in [5.74, 6) is 0. The molecule has 0 aliphatic rings. The molecule has 1 aromatic heterocycles. The summed E-state index contributed by atoms with van der Waals surface area (Å²) in [6.45, 7) is 5.43. The Bertz CT molecular complexity index is 488. The van der Waals surface area contributed by atoms with Crippen LogP contribution in [-0.2, 0) is 9.47 Å². The molecule has 0 spiro atoms. The van der Waals surface area contributed by atoms with Crippen LogP contribution >= 0.6 is 0 Å². The Morgan fingerprint density at radius 3 is 2.24 bits per heavy atom. The maximum Gasteiger partial charge on any atom is 0.157 e. The van der Waals surface area contributed by atoms with Crippen LogP contribution in [0.25, 0.3) is 6.08 Å². The fourth-order valence-electron chi connectivity index (χ4n) is 2.37. The van der Waals surface area contributed by atoms with E-state index in [1.54, 1.807) is 0 Å². The molecule has 0 atom stereocenters. The largest absolute Gasteiger partial charge is 0.353 e. The predicted octanol–water partition coefficient (Wildman–Crippen LogP) is 5.95. The quantitative estimate of drug-likeness (QED) is 0.238. The minimum absolute atomic E-state index is 0.0434. The van der Waals surface area contributed by atoms with Gasteiger partial charge in [0.25, 0.3) is 0 Å². The van der Waals surface area contributed by atoms with Gasteiger partial charge in [-0.05, 0) is 70.6 Å². The molecule has 0 saturated heterocycles. The Hall–Kier alpha value is -1.71. The first kappa shape index (κ1) is 21.3. The zero-order valence-electron chi connectivity index (χ0n) is 15.8. The van der Waals surface area contributed by atoms with Crippen LogP contribution in [0.5, 0.6) is 0 Å². The Morgan fingerprint density at radius 2 is 1.60 bits per heavy atom. The van der Waals surface area contributed by atoms with Gasteiger partial charge in [-0.3, -0.25) is 4.98 Å². The number of hydrogen-bond acceptors (Lipinski definition) is 3. The molecule has 0 radical (unpaired) electrons. The fourth-order valence-corrected chi connectivity index (χ4v) is 2.37. The number of aromatic nitrogens is 1. The zero-order valence-corrected chi connectivity index (χ0v) is 15.8. The van der Waals surface area contributed by atoms with E-state index in [0.29, 0.717) is 13.2 Å². The monoisotopic (exact) mass is 343 g/mol. The second-order valence-electron chi connectivity index (χ2n) is 5.72. The second-order valence-corrected chi connectivity index (χ2v) is 5.72. The molecular weight excluding hydrogens is 310 g/mol. The number of hydrogen-bond donors (Lipinski definition) is 0. The van der Waals surface area contributed by atoms with Crippen molar-refractivity contribution in [3.8, 4) is 0 Å². The van der Waals surface area contributed by atoms with E-state index in [-0.39, 0.29) is 6.29 Å². The number of unbranched alkanes of at least 4 members (excludes halogenated alkanes) is 3. The van der Waals surface area contributed by atoms with Gasteiger partial charge in [0.2, 0.25) is 0 Å². The van der Waals surface area contributed by atoms with Crippen LogP contribution in [-0.4, -0.2) is 24.5 Å². The van der Waals surface area contributed by atoms with Crippen molar-refractivity contribution in [2.24, 2.45) is 0 Å². The van der Waals surface area contributed by atoms with Crippen LogP contribution in [0.3, 0.4) is 0 Å². The highest BCUT2D eigenvalue weighted by Crippen LogP contribution is 2.07. The summed E-state index contributed by atoms with van der Waals surface area (Å²) in [6.07, 6.45) is 21.2. The van der Waals surface area contributed by atoms with Crippen molar-refractivity contribution in [2.75, 3.05) is 13.2 Å². The Labute approximate surface area is 153 Å². The van der Waals surface area contributed by atoms with E-state index in [4.69, 9.17) is 9.47 Å². The molecule has 25 heavy (non-hydrogen) atoms. The number of rotatable bonds is 14. The van der Waals surface area contributed by atoms with Crippen molar-refractivity contribution in [1.82, 2.24) is 4.98 Å². The summed E-state index contributed by atoms with van der Waals surface area (Å²) < 4.78 is 11.1. The van der Waals surface area contributed by atoms with E-state index in [0.717, 1.165) is 44.2 Å². The van der Waals surface area contributed by atoms with Crippen LogP contribution in [0.2, 0.25) is 0 Å². The van der Waals surface area contributed by atoms with Crippen molar-refractivity contribution >= 4 is 6.08 Å². The van der Waals surface area contributed by atoms with Crippen LogP contribution in [0.4, 0.5) is 0 Å². The van der Waals surface area contributed by atoms with Gasteiger partial charge in [-0.1, -0.05) is 36.4 Å². The number of allylic oxidation sites excluding steroid dienone is 5. The van der Waals surface area contributed by atoms with E-state index in [1.165, 1.54) is 0 Å². The average molecular weight is 344 g/mol. The first-order valence-electron chi connectivity index (χ1n) is 9.49. The smallest absolute Gasteiger partial charge is 0.157 e. The highest BCUT2D eigenvalue weighted by Gasteiger charge is 2.05. The van der Waals surface area contributed by atoms with Crippen molar-refractivity contribution in [2.45, 2.75) is 58.7 Å². The first-order chi connectivity index (χ1) is 12.4. The lowest BCUT2D eigenvalue weighted by atomic mass is 10.2. The molecule has 1 rings (SSSR count). The second kappa shape index (κ2) is 15.8. The lowest BCUT2D eigenvalue weighted by Gasteiger charge is -2.15. The summed E-state index contributed by atoms with van der Waals surface area (Å²) >= 11 is 0. The van der Waals surface area contributed by atoms with Gasteiger partial charge >= 0.3 is 0 Å². The highest BCUT2D eigenvalue weighted by molar-refractivity contribution is 5.43. The average Bonchev–Trinajstić information content (AvgIpc) is 2.64. The van der Waals surface area contributed by atoms with Crippen molar-refractivity contribution in [3.63, 3.8) is 0 Å². The molecule has 0 bridgehead atoms. The molecule has 1 aromatic rings. The molecule has 138 valence electrons. The Balaban J connectivity index is 2.01. The molecule has 0 aliphatic carbocycles. The molecule has 0 N–H and O–H groups in total. The van der Waals surface area contributed by atoms with Gasteiger partial charge in [0.05, 0.1) is 5.69 Å². The number of pyridine rings is 1. The van der Waals surface area contributed by atoms with Crippen molar-refractivity contribution in [3.05, 3.63) is 60.5 Å². The first-order valence-corrected chi connectivity index (χ1v) is 9.49. The topological polar surface area (TPSA) is 31.4 Å². The van der Waals surface area contributed by atoms with Gasteiger partial charge in [-0.2, -0.15) is 0 Å². The van der Waals surface area contributed by atoms with Gasteiger partial charge in [0, 0.05) is 19.4 Å². The van der Waals surface area contributed by atoms with Crippen LogP contribution in [0.15, 0.2) is 54.8 Å². The molecular formula is C22H33NO2. The molecule has 3 nitrogen and oxygen atoms in total. The molecule has 3 heteroatoms. The lowest BCUT2D eigenvalue weighted by molar-refractivity contribution is -0.139. The van der Waals surface area contributed by atoms with E-state index in [2.05, 4.69) is 41.4 Å². The predicted molar refractivity (Wildman–Crippen MR) is 106 cm³/mol. The van der Waals surface area contributed by atoms with Crippen LogP contribution in [0.1, 0.15) is 58.1 Å². The molecule has 0 amide bonds. The van der Waals surface area contributed by atoms with E-state index < -0.39 is 0 Å². The standard InChI is InChI=1S/C22H33NO2/c1-3-24-22(25-4-2)19-14-12-10-8-6-5-7-9-11-13-17-21-18-15-16-20-23-21/h5-6,8,10,13,15-18,20,22H,3-4,7,9,11-12,14,19H2,1-2H3/b6-5+,10-8+,17-13+. The molecule has 0 aliphatic heterocycles. The Kier molecular flexibility index (Phi) is 13.5. The number of nitrogens with zero attached hydrogens (tertiary/aromatic N) is 1. The molecule has 0 aromatic carbocycles. The molecule has 1 heterocycles. The third-order valence-corrected chi connectivity index (χ3v) is 3.62. The minimum Gasteiger partial charge on any atom is -0.353 e. The fraction of sp³-hybridized carbons (Fsp3) is 0.500. The maximum atomic E-state index is 5.53. The van der Waals surface area contributed by atoms with Crippen molar-refractivity contribution < 1.29 is 9.47 Å². The van der Waals surface area contributed by atoms with Gasteiger partial charge in [0.15, 0.2) is 6.29 Å². The van der Waals surface area contributed by atoms with Crippen molar-refractivity contribution in [1.29, 1.82) is 0 Å². The van der Waals surface area contributed by atoms with Gasteiger partial charge in [0.1, 0.15) is 0 Å². The SMILES string of the molecule is CCOC(CCC/C=C/C=C/CCC/C=C/c1ccccn1)OCC. The third-order valence-electron chi connectivity index (χ3n) is 3.62. The normalized spacial score (nSPS) is 12.3. The van der Waals surface area contributed by atoms with E-state index >= 15 is 0 Å². The summed E-state index contributed by atoms with van der Waals surface area (Å²) in [5, 5.41) is 0. The summed E-state index contributed by atoms with van der Waals surface area (Å²) in [4.78, 5) is 4.27. The molecule has 0 unspecified atom stereocenters. The summed E-state index contributed by atoms with van der Waals surface area (Å²) in [6, 6.07) is 5.97. The van der Waals surface area contributed by atoms with Gasteiger partial charge in [-0.25, -0.2) is 0 Å².